The molecule has 1 rings (SSSR count). The van der Waals surface area contributed by atoms with Gasteiger partial charge in [-0.3, -0.25) is 0 Å². The number of rotatable bonds is 8. The molecule has 0 fully saturated rings. The van der Waals surface area contributed by atoms with Crippen LogP contribution in [0.2, 0.25) is 0 Å². The number of nitrogens with one attached hydrogen (secondary N) is 1. The van der Waals surface area contributed by atoms with Crippen LogP contribution in [0.4, 0.5) is 0 Å². The fourth-order valence-electron chi connectivity index (χ4n) is 2.01. The third-order valence-electron chi connectivity index (χ3n) is 3.35. The van der Waals surface area contributed by atoms with Crippen molar-refractivity contribution in [1.29, 1.82) is 5.26 Å². The average molecular weight is 276 g/mol. The first-order chi connectivity index (χ1) is 9.53. The molecular weight excluding hydrogens is 252 g/mol. The molecule has 0 aliphatic carbocycles. The highest BCUT2D eigenvalue weighted by atomic mass is 16.5. The second kappa shape index (κ2) is 7.88. The third-order valence-corrected chi connectivity index (χ3v) is 3.35. The quantitative estimate of drug-likeness (QED) is 0.792. The Kier molecular flexibility index (Phi) is 6.50. The SMILES string of the molecule is CNC(C)(C#N)CC(C)Oc1ccc(CCOC)cc1. The first kappa shape index (κ1) is 16.5. The fourth-order valence-corrected chi connectivity index (χ4v) is 2.01. The monoisotopic (exact) mass is 276 g/mol. The summed E-state index contributed by atoms with van der Waals surface area (Å²) in [6.07, 6.45) is 1.50. The molecule has 0 spiro atoms. The molecule has 1 N–H and O–H groups in total. The molecule has 0 bridgehead atoms. The molecule has 0 amide bonds. The lowest BCUT2D eigenvalue weighted by atomic mass is 9.97. The molecule has 1 aromatic carbocycles. The summed E-state index contributed by atoms with van der Waals surface area (Å²) in [6.45, 7) is 4.58. The maximum atomic E-state index is 9.14. The van der Waals surface area contributed by atoms with Gasteiger partial charge in [-0.15, -0.1) is 0 Å². The van der Waals surface area contributed by atoms with Gasteiger partial charge in [0.15, 0.2) is 0 Å². The molecule has 0 aromatic heterocycles. The summed E-state index contributed by atoms with van der Waals surface area (Å²) in [5.41, 5.74) is 0.668. The molecule has 1 aromatic rings. The molecule has 0 saturated heterocycles. The van der Waals surface area contributed by atoms with E-state index in [9.17, 15) is 0 Å². The minimum absolute atomic E-state index is 0.0306. The number of ether oxygens (including phenoxy) is 2. The van der Waals surface area contributed by atoms with E-state index < -0.39 is 5.54 Å². The van der Waals surface area contributed by atoms with E-state index in [2.05, 4.69) is 11.4 Å². The van der Waals surface area contributed by atoms with E-state index in [0.29, 0.717) is 6.42 Å². The van der Waals surface area contributed by atoms with Gasteiger partial charge >= 0.3 is 0 Å². The molecule has 0 aliphatic heterocycles. The second-order valence-electron chi connectivity index (χ2n) is 5.21. The van der Waals surface area contributed by atoms with Crippen molar-refractivity contribution in [3.8, 4) is 11.8 Å². The van der Waals surface area contributed by atoms with Crippen LogP contribution in [0.1, 0.15) is 25.8 Å². The average Bonchev–Trinajstić information content (AvgIpc) is 2.46. The van der Waals surface area contributed by atoms with Gasteiger partial charge in [0.1, 0.15) is 11.3 Å². The normalized spacial score (nSPS) is 15.2. The van der Waals surface area contributed by atoms with Gasteiger partial charge in [0.05, 0.1) is 18.8 Å². The smallest absolute Gasteiger partial charge is 0.119 e. The highest BCUT2D eigenvalue weighted by Gasteiger charge is 2.25. The summed E-state index contributed by atoms with van der Waals surface area (Å²) < 4.78 is 10.9. The zero-order valence-electron chi connectivity index (χ0n) is 12.8. The Bertz CT molecular complexity index is 439. The van der Waals surface area contributed by atoms with Crippen molar-refractivity contribution in [3.63, 3.8) is 0 Å². The molecule has 4 heteroatoms. The van der Waals surface area contributed by atoms with Crippen LogP contribution in [-0.4, -0.2) is 32.4 Å². The van der Waals surface area contributed by atoms with Crippen LogP contribution >= 0.6 is 0 Å². The minimum Gasteiger partial charge on any atom is -0.491 e. The van der Waals surface area contributed by atoms with Gasteiger partial charge in [-0.05, 0) is 45.0 Å². The lowest BCUT2D eigenvalue weighted by Crippen LogP contribution is -2.41. The maximum absolute atomic E-state index is 9.14. The highest BCUT2D eigenvalue weighted by molar-refractivity contribution is 5.27. The molecule has 2 atom stereocenters. The molecule has 0 heterocycles. The maximum Gasteiger partial charge on any atom is 0.119 e. The van der Waals surface area contributed by atoms with Crippen LogP contribution in [0, 0.1) is 11.3 Å². The van der Waals surface area contributed by atoms with E-state index >= 15 is 0 Å². The number of methoxy groups -OCH3 is 1. The summed E-state index contributed by atoms with van der Waals surface area (Å²) in [6, 6.07) is 10.3. The summed E-state index contributed by atoms with van der Waals surface area (Å²) in [5, 5.41) is 12.2. The zero-order valence-corrected chi connectivity index (χ0v) is 12.8. The number of hydrogen-bond donors (Lipinski definition) is 1. The van der Waals surface area contributed by atoms with E-state index in [-0.39, 0.29) is 6.10 Å². The molecule has 20 heavy (non-hydrogen) atoms. The largest absolute Gasteiger partial charge is 0.491 e. The summed E-state index contributed by atoms with van der Waals surface area (Å²) >= 11 is 0. The van der Waals surface area contributed by atoms with Crippen LogP contribution in [0.3, 0.4) is 0 Å². The summed E-state index contributed by atoms with van der Waals surface area (Å²) in [7, 11) is 3.49. The Morgan fingerprint density at radius 2 is 2.00 bits per heavy atom. The third kappa shape index (κ3) is 5.20. The van der Waals surface area contributed by atoms with Gasteiger partial charge < -0.3 is 14.8 Å². The van der Waals surface area contributed by atoms with E-state index in [1.807, 2.05) is 38.1 Å². The van der Waals surface area contributed by atoms with E-state index in [1.54, 1.807) is 14.2 Å². The second-order valence-corrected chi connectivity index (χ2v) is 5.21. The van der Waals surface area contributed by atoms with Crippen molar-refractivity contribution < 1.29 is 9.47 Å². The zero-order chi connectivity index (χ0) is 15.0. The van der Waals surface area contributed by atoms with Gasteiger partial charge in [0.25, 0.3) is 0 Å². The van der Waals surface area contributed by atoms with Crippen molar-refractivity contribution in [1.82, 2.24) is 5.32 Å². The van der Waals surface area contributed by atoms with Crippen LogP contribution < -0.4 is 10.1 Å². The first-order valence-corrected chi connectivity index (χ1v) is 6.87. The topological polar surface area (TPSA) is 54.3 Å². The number of nitriles is 1. The molecule has 2 unspecified atom stereocenters. The minimum atomic E-state index is -0.558. The predicted molar refractivity (Wildman–Crippen MR) is 79.8 cm³/mol. The Morgan fingerprint density at radius 3 is 2.50 bits per heavy atom. The van der Waals surface area contributed by atoms with Crippen molar-refractivity contribution in [2.24, 2.45) is 0 Å². The standard InChI is InChI=1S/C16H24N2O2/c1-13(11-16(2,12-17)18-3)20-15-7-5-14(6-8-15)9-10-19-4/h5-8,13,18H,9-11H2,1-4H3. The Morgan fingerprint density at radius 1 is 1.35 bits per heavy atom. The number of nitrogens with zero attached hydrogens (tertiary/aromatic N) is 1. The van der Waals surface area contributed by atoms with E-state index in [4.69, 9.17) is 14.7 Å². The van der Waals surface area contributed by atoms with E-state index in [0.717, 1.165) is 18.8 Å². The molecule has 0 aliphatic rings. The molecule has 0 saturated carbocycles. The predicted octanol–water partition coefficient (Wildman–Crippen LogP) is 2.53. The number of benzene rings is 1. The molecule has 0 radical (unpaired) electrons. The highest BCUT2D eigenvalue weighted by Crippen LogP contribution is 2.18. The lowest BCUT2D eigenvalue weighted by molar-refractivity contribution is 0.182. The summed E-state index contributed by atoms with van der Waals surface area (Å²) in [4.78, 5) is 0. The molecular formula is C16H24N2O2. The Labute approximate surface area is 121 Å². The number of hydrogen-bond acceptors (Lipinski definition) is 4. The fraction of sp³-hybridized carbons (Fsp3) is 0.562. The van der Waals surface area contributed by atoms with Crippen LogP contribution in [0.5, 0.6) is 5.75 Å². The summed E-state index contributed by atoms with van der Waals surface area (Å²) in [5.74, 6) is 0.829. The van der Waals surface area contributed by atoms with Gasteiger partial charge in [-0.1, -0.05) is 12.1 Å². The van der Waals surface area contributed by atoms with Crippen LogP contribution in [0.25, 0.3) is 0 Å². The Balaban J connectivity index is 2.54. The van der Waals surface area contributed by atoms with Gasteiger partial charge in [0.2, 0.25) is 0 Å². The van der Waals surface area contributed by atoms with Crippen molar-refractivity contribution in [2.75, 3.05) is 20.8 Å². The van der Waals surface area contributed by atoms with E-state index in [1.165, 1.54) is 5.56 Å². The first-order valence-electron chi connectivity index (χ1n) is 6.87. The van der Waals surface area contributed by atoms with Gasteiger partial charge in [-0.2, -0.15) is 5.26 Å². The molecule has 4 nitrogen and oxygen atoms in total. The lowest BCUT2D eigenvalue weighted by Gasteiger charge is -2.25. The van der Waals surface area contributed by atoms with Gasteiger partial charge in [0, 0.05) is 13.5 Å². The van der Waals surface area contributed by atoms with Crippen LogP contribution in [-0.2, 0) is 11.2 Å². The van der Waals surface area contributed by atoms with Crippen molar-refractivity contribution in [2.45, 2.75) is 38.3 Å². The Hall–Kier alpha value is -1.57. The van der Waals surface area contributed by atoms with Crippen LogP contribution in [0.15, 0.2) is 24.3 Å². The molecule has 110 valence electrons. The van der Waals surface area contributed by atoms with Crippen molar-refractivity contribution >= 4 is 0 Å². The van der Waals surface area contributed by atoms with Crippen molar-refractivity contribution in [3.05, 3.63) is 29.8 Å². The van der Waals surface area contributed by atoms with Gasteiger partial charge in [-0.25, -0.2) is 0 Å².